The van der Waals surface area contributed by atoms with Gasteiger partial charge in [-0.3, -0.25) is 0 Å². The maximum absolute atomic E-state index is 5.27. The van der Waals surface area contributed by atoms with E-state index >= 15 is 0 Å². The number of rotatable bonds is 0. The standard InChI is InChI=1S/C7H5OSi/c1-2-4-7-6(3-1)5-9-8-7/h1-5H. The third kappa shape index (κ3) is 0.714. The molecule has 2 rings (SSSR count). The Morgan fingerprint density at radius 2 is 2.11 bits per heavy atom. The van der Waals surface area contributed by atoms with Crippen molar-refractivity contribution in [3.05, 3.63) is 29.8 Å². The average molecular weight is 133 g/mol. The largest absolute Gasteiger partial charge is 0.512 e. The Bertz CT molecular complexity index is 255. The summed E-state index contributed by atoms with van der Waals surface area (Å²) < 4.78 is 5.27. The minimum absolute atomic E-state index is 0.521. The molecular formula is C7H5OSi. The fourth-order valence-electron chi connectivity index (χ4n) is 0.849. The van der Waals surface area contributed by atoms with Crippen LogP contribution >= 0.6 is 0 Å². The summed E-state index contributed by atoms with van der Waals surface area (Å²) in [4.78, 5) is 0. The Kier molecular flexibility index (Phi) is 0.992. The van der Waals surface area contributed by atoms with Crippen LogP contribution in [0.3, 0.4) is 0 Å². The predicted octanol–water partition coefficient (Wildman–Crippen LogP) is 0.848. The number of fused-ring (bicyclic) bond motifs is 1. The molecule has 0 aliphatic carbocycles. The molecule has 0 unspecified atom stereocenters. The summed E-state index contributed by atoms with van der Waals surface area (Å²) in [5.41, 5.74) is 3.34. The lowest BCUT2D eigenvalue weighted by Crippen LogP contribution is -1.83. The molecule has 2 heteroatoms. The van der Waals surface area contributed by atoms with Gasteiger partial charge in [0.15, 0.2) is 0 Å². The molecule has 0 fully saturated rings. The smallest absolute Gasteiger partial charge is 0.290 e. The van der Waals surface area contributed by atoms with Gasteiger partial charge in [0.05, 0.1) is 0 Å². The van der Waals surface area contributed by atoms with Gasteiger partial charge in [0, 0.05) is 5.56 Å². The van der Waals surface area contributed by atoms with Gasteiger partial charge < -0.3 is 4.43 Å². The van der Waals surface area contributed by atoms with Crippen LogP contribution in [0.2, 0.25) is 0 Å². The second-order valence-electron chi connectivity index (χ2n) is 1.90. The molecule has 0 saturated heterocycles. The van der Waals surface area contributed by atoms with Gasteiger partial charge in [-0.1, -0.05) is 18.2 Å². The first-order valence-corrected chi connectivity index (χ1v) is 3.80. The summed E-state index contributed by atoms with van der Waals surface area (Å²) in [7, 11) is 0.521. The maximum atomic E-state index is 5.27. The van der Waals surface area contributed by atoms with Crippen LogP contribution in [0.1, 0.15) is 5.56 Å². The van der Waals surface area contributed by atoms with Gasteiger partial charge >= 0.3 is 0 Å². The molecule has 0 amide bonds. The number of para-hydroxylation sites is 1. The Hall–Kier alpha value is -0.893. The summed E-state index contributed by atoms with van der Waals surface area (Å²) in [6.45, 7) is 0. The van der Waals surface area contributed by atoms with E-state index < -0.39 is 0 Å². The molecule has 9 heavy (non-hydrogen) atoms. The zero-order chi connectivity index (χ0) is 6.10. The van der Waals surface area contributed by atoms with Crippen LogP contribution in [0.4, 0.5) is 0 Å². The third-order valence-electron chi connectivity index (χ3n) is 1.30. The number of hydrogen-bond acceptors (Lipinski definition) is 1. The Labute approximate surface area is 55.8 Å². The number of benzene rings is 1. The fraction of sp³-hybridized carbons (Fsp3) is 0. The van der Waals surface area contributed by atoms with Gasteiger partial charge in [-0.05, 0) is 11.7 Å². The molecule has 1 aliphatic rings. The molecule has 0 spiro atoms. The maximum Gasteiger partial charge on any atom is 0.290 e. The van der Waals surface area contributed by atoms with E-state index in [9.17, 15) is 0 Å². The lowest BCUT2D eigenvalue weighted by Gasteiger charge is -1.94. The monoisotopic (exact) mass is 133 g/mol. The fourth-order valence-corrected chi connectivity index (χ4v) is 1.59. The van der Waals surface area contributed by atoms with Crippen LogP contribution in [-0.2, 0) is 0 Å². The SMILES string of the molecule is C1=[Si]Oc2ccccc21. The highest BCUT2D eigenvalue weighted by molar-refractivity contribution is 6.48. The van der Waals surface area contributed by atoms with E-state index in [1.165, 1.54) is 5.56 Å². The van der Waals surface area contributed by atoms with Gasteiger partial charge in [-0.2, -0.15) is 0 Å². The lowest BCUT2D eigenvalue weighted by molar-refractivity contribution is 0.618. The van der Waals surface area contributed by atoms with Crippen LogP contribution in [0.5, 0.6) is 5.75 Å². The highest BCUT2D eigenvalue weighted by Crippen LogP contribution is 2.16. The van der Waals surface area contributed by atoms with Crippen molar-refractivity contribution in [2.75, 3.05) is 0 Å². The van der Waals surface area contributed by atoms with Gasteiger partial charge in [-0.25, -0.2) is 0 Å². The summed E-state index contributed by atoms with van der Waals surface area (Å²) in [5, 5.41) is 0. The van der Waals surface area contributed by atoms with Gasteiger partial charge in [0.25, 0.3) is 9.38 Å². The Morgan fingerprint density at radius 3 is 3.00 bits per heavy atom. The first-order valence-electron chi connectivity index (χ1n) is 2.81. The van der Waals surface area contributed by atoms with Gasteiger partial charge in [-0.15, -0.1) is 0 Å². The van der Waals surface area contributed by atoms with E-state index in [0.29, 0.717) is 9.38 Å². The topological polar surface area (TPSA) is 9.23 Å². The Balaban J connectivity index is 2.63. The molecule has 0 aromatic heterocycles. The summed E-state index contributed by atoms with van der Waals surface area (Å²) in [5.74, 6) is 1.02. The number of hydrogen-bond donors (Lipinski definition) is 0. The first-order chi connectivity index (χ1) is 4.47. The van der Waals surface area contributed by atoms with Crippen molar-refractivity contribution >= 4 is 15.0 Å². The van der Waals surface area contributed by atoms with Crippen molar-refractivity contribution in [2.24, 2.45) is 0 Å². The zero-order valence-electron chi connectivity index (χ0n) is 4.79. The highest BCUT2D eigenvalue weighted by atomic mass is 28.2. The van der Waals surface area contributed by atoms with E-state index in [-0.39, 0.29) is 0 Å². The molecular weight excluding hydrogens is 128 g/mol. The van der Waals surface area contributed by atoms with E-state index in [4.69, 9.17) is 4.43 Å². The minimum atomic E-state index is 0.521. The lowest BCUT2D eigenvalue weighted by atomic mass is 10.2. The molecule has 0 saturated carbocycles. The van der Waals surface area contributed by atoms with Crippen molar-refractivity contribution < 1.29 is 4.43 Å². The van der Waals surface area contributed by atoms with Gasteiger partial charge in [0.1, 0.15) is 5.75 Å². The molecule has 1 heterocycles. The van der Waals surface area contributed by atoms with Crippen LogP contribution in [0.25, 0.3) is 0 Å². The highest BCUT2D eigenvalue weighted by Gasteiger charge is 2.02. The summed E-state index contributed by atoms with van der Waals surface area (Å²) >= 11 is 0. The predicted molar refractivity (Wildman–Crippen MR) is 38.0 cm³/mol. The molecule has 1 aliphatic heterocycles. The normalized spacial score (nSPS) is 12.9. The minimum Gasteiger partial charge on any atom is -0.512 e. The second kappa shape index (κ2) is 1.81. The quantitative estimate of drug-likeness (QED) is 0.477. The molecule has 43 valence electrons. The van der Waals surface area contributed by atoms with E-state index in [1.807, 2.05) is 18.2 Å². The average Bonchev–Trinajstić information content (AvgIpc) is 2.33. The molecule has 0 atom stereocenters. The van der Waals surface area contributed by atoms with Crippen molar-refractivity contribution in [3.8, 4) is 5.75 Å². The van der Waals surface area contributed by atoms with Crippen molar-refractivity contribution in [1.82, 2.24) is 0 Å². The molecule has 1 aromatic carbocycles. The van der Waals surface area contributed by atoms with E-state index in [0.717, 1.165) is 5.75 Å². The van der Waals surface area contributed by atoms with E-state index in [2.05, 4.69) is 11.7 Å². The van der Waals surface area contributed by atoms with Gasteiger partial charge in [0.2, 0.25) is 0 Å². The third-order valence-corrected chi connectivity index (χ3v) is 2.07. The molecule has 0 bridgehead atoms. The molecule has 0 N–H and O–H groups in total. The van der Waals surface area contributed by atoms with E-state index in [1.54, 1.807) is 0 Å². The first kappa shape index (κ1) is 4.94. The molecule has 1 nitrogen and oxygen atoms in total. The van der Waals surface area contributed by atoms with Crippen LogP contribution in [0, 0.1) is 0 Å². The Morgan fingerprint density at radius 1 is 1.22 bits per heavy atom. The summed E-state index contributed by atoms with van der Waals surface area (Å²) in [6, 6.07) is 8.07. The molecule has 1 aromatic rings. The second-order valence-corrected chi connectivity index (χ2v) is 2.63. The molecule has 1 radical (unpaired) electrons. The van der Waals surface area contributed by atoms with Crippen LogP contribution in [0.15, 0.2) is 24.3 Å². The summed E-state index contributed by atoms with van der Waals surface area (Å²) in [6.07, 6.45) is 0. The zero-order valence-corrected chi connectivity index (χ0v) is 5.79. The van der Waals surface area contributed by atoms with Crippen molar-refractivity contribution in [1.29, 1.82) is 0 Å². The van der Waals surface area contributed by atoms with Crippen LogP contribution < -0.4 is 4.43 Å². The van der Waals surface area contributed by atoms with Crippen molar-refractivity contribution in [2.45, 2.75) is 0 Å². The van der Waals surface area contributed by atoms with Crippen LogP contribution in [-0.4, -0.2) is 15.0 Å². The van der Waals surface area contributed by atoms with Crippen molar-refractivity contribution in [3.63, 3.8) is 0 Å².